The van der Waals surface area contributed by atoms with Gasteiger partial charge in [-0.2, -0.15) is 5.06 Å². The number of hydroxylamine groups is 2. The lowest BCUT2D eigenvalue weighted by atomic mass is 9.95. The number of aldehydes is 1. The maximum atomic E-state index is 10.9. The fourth-order valence-electron chi connectivity index (χ4n) is 2.49. The van der Waals surface area contributed by atoms with E-state index in [1.807, 2.05) is 28.1 Å². The Balaban J connectivity index is 1.89. The molecule has 16 heavy (non-hydrogen) atoms. The lowest BCUT2D eigenvalue weighted by Crippen LogP contribution is -2.41. The normalized spacial score (nSPS) is 36.4. The molecule has 1 saturated heterocycles. The first kappa shape index (κ1) is 12.7. The van der Waals surface area contributed by atoms with Crippen molar-refractivity contribution < 1.29 is 12.7 Å². The highest BCUT2D eigenvalue weighted by atomic mass is 127. The summed E-state index contributed by atoms with van der Waals surface area (Å²) in [7, 11) is 0. The van der Waals surface area contributed by atoms with E-state index in [0.29, 0.717) is 0 Å². The smallest absolute Gasteiger partial charge is 0.139 e. The predicted octanol–water partition coefficient (Wildman–Crippen LogP) is 2.26. The van der Waals surface area contributed by atoms with Gasteiger partial charge in [-0.1, -0.05) is 12.8 Å². The van der Waals surface area contributed by atoms with E-state index in [4.69, 9.17) is 7.90 Å². The van der Waals surface area contributed by atoms with Crippen LogP contribution in [0.3, 0.4) is 0 Å². The van der Waals surface area contributed by atoms with E-state index in [-0.39, 0.29) is 18.2 Å². The second kappa shape index (κ2) is 6.28. The summed E-state index contributed by atoms with van der Waals surface area (Å²) >= 11 is 1.95. The Bertz CT molecular complexity index is 239. The van der Waals surface area contributed by atoms with Gasteiger partial charge < -0.3 is 7.86 Å². The largest absolute Gasteiger partial charge is 0.310 e. The summed E-state index contributed by atoms with van der Waals surface area (Å²) in [6, 6.07) is -0.0446. The van der Waals surface area contributed by atoms with Crippen LogP contribution in [0.2, 0.25) is 0 Å². The molecule has 4 nitrogen and oxygen atoms in total. The van der Waals surface area contributed by atoms with Crippen LogP contribution in [-0.4, -0.2) is 36.1 Å². The van der Waals surface area contributed by atoms with Crippen molar-refractivity contribution in [1.82, 2.24) is 5.06 Å². The van der Waals surface area contributed by atoms with E-state index in [9.17, 15) is 4.79 Å². The molecule has 1 aliphatic carbocycles. The third kappa shape index (κ3) is 2.94. The van der Waals surface area contributed by atoms with Crippen molar-refractivity contribution in [3.63, 3.8) is 0 Å². The molecule has 0 N–H and O–H groups in total. The first-order chi connectivity index (χ1) is 7.85. The molecule has 2 aliphatic rings. The molecule has 1 aliphatic heterocycles. The topological polar surface area (TPSA) is 38.8 Å². The molecule has 2 rings (SSSR count). The molecular weight excluding hydrogens is 321 g/mol. The number of nitrogens with zero attached hydrogens (tertiary/aromatic N) is 1. The standard InChI is InChI=1S/C11H18INO3/c12-15-10-5-1-2-6-11(10)16-13-7-3-4-9(13)8-14/h8-11H,1-7H2/t9-,10+,11-/m0/s1. The Morgan fingerprint density at radius 2 is 1.88 bits per heavy atom. The minimum Gasteiger partial charge on any atom is -0.310 e. The van der Waals surface area contributed by atoms with Crippen molar-refractivity contribution in [3.8, 4) is 0 Å². The molecule has 0 bridgehead atoms. The van der Waals surface area contributed by atoms with Gasteiger partial charge in [0.05, 0.1) is 12.1 Å². The summed E-state index contributed by atoms with van der Waals surface area (Å²) in [6.45, 7) is 0.869. The fourth-order valence-corrected chi connectivity index (χ4v) is 3.07. The van der Waals surface area contributed by atoms with Crippen LogP contribution >= 0.6 is 23.0 Å². The number of hydrogen-bond acceptors (Lipinski definition) is 4. The van der Waals surface area contributed by atoms with Crippen LogP contribution in [0.1, 0.15) is 38.5 Å². The van der Waals surface area contributed by atoms with Gasteiger partial charge in [-0.25, -0.2) is 0 Å². The summed E-state index contributed by atoms with van der Waals surface area (Å²) in [5, 5.41) is 1.85. The van der Waals surface area contributed by atoms with Crippen molar-refractivity contribution in [3.05, 3.63) is 0 Å². The summed E-state index contributed by atoms with van der Waals surface area (Å²) in [4.78, 5) is 16.8. The average Bonchev–Trinajstić information content (AvgIpc) is 2.77. The van der Waals surface area contributed by atoms with Crippen LogP contribution in [-0.2, 0) is 12.7 Å². The van der Waals surface area contributed by atoms with Crippen LogP contribution < -0.4 is 0 Å². The molecule has 92 valence electrons. The Morgan fingerprint density at radius 1 is 1.12 bits per heavy atom. The first-order valence-corrected chi connectivity index (χ1v) is 6.89. The quantitative estimate of drug-likeness (QED) is 0.582. The molecule has 0 aromatic heterocycles. The summed E-state index contributed by atoms with van der Waals surface area (Å²) in [5.41, 5.74) is 0. The third-order valence-electron chi connectivity index (χ3n) is 3.43. The highest BCUT2D eigenvalue weighted by Crippen LogP contribution is 2.28. The Hall–Kier alpha value is 0.280. The van der Waals surface area contributed by atoms with Crippen LogP contribution in [0.4, 0.5) is 0 Å². The average molecular weight is 339 g/mol. The molecule has 2 fully saturated rings. The third-order valence-corrected chi connectivity index (χ3v) is 4.09. The van der Waals surface area contributed by atoms with Gasteiger partial charge in [0.25, 0.3) is 0 Å². The van der Waals surface area contributed by atoms with E-state index >= 15 is 0 Å². The molecule has 0 aromatic rings. The van der Waals surface area contributed by atoms with Crippen molar-refractivity contribution in [1.29, 1.82) is 0 Å². The molecule has 3 atom stereocenters. The molecule has 0 unspecified atom stereocenters. The molecule has 0 aromatic carbocycles. The zero-order valence-corrected chi connectivity index (χ0v) is 11.5. The number of halogens is 1. The van der Waals surface area contributed by atoms with Crippen LogP contribution in [0, 0.1) is 0 Å². The van der Waals surface area contributed by atoms with E-state index in [1.165, 1.54) is 12.8 Å². The zero-order chi connectivity index (χ0) is 11.4. The minimum atomic E-state index is -0.0446. The van der Waals surface area contributed by atoms with Crippen molar-refractivity contribution in [2.75, 3.05) is 6.54 Å². The van der Waals surface area contributed by atoms with Gasteiger partial charge in [-0.05, 0) is 25.7 Å². The SMILES string of the molecule is O=C[C@@H]1CCCN1O[C@H]1CCCC[C@H]1OI. The highest BCUT2D eigenvalue weighted by molar-refractivity contribution is 14.1. The molecule has 0 spiro atoms. The summed E-state index contributed by atoms with van der Waals surface area (Å²) < 4.78 is 5.41. The van der Waals surface area contributed by atoms with Crippen LogP contribution in [0.5, 0.6) is 0 Å². The number of carbonyl (C=O) groups excluding carboxylic acids is 1. The lowest BCUT2D eigenvalue weighted by Gasteiger charge is -2.33. The summed E-state index contributed by atoms with van der Waals surface area (Å²) in [5.74, 6) is 0. The molecule has 1 heterocycles. The van der Waals surface area contributed by atoms with Gasteiger partial charge in [-0.15, -0.1) is 0 Å². The lowest BCUT2D eigenvalue weighted by molar-refractivity contribution is -0.225. The van der Waals surface area contributed by atoms with Crippen LogP contribution in [0.15, 0.2) is 0 Å². The maximum absolute atomic E-state index is 10.9. The van der Waals surface area contributed by atoms with Gasteiger partial charge in [0.2, 0.25) is 0 Å². The summed E-state index contributed by atoms with van der Waals surface area (Å²) in [6.07, 6.45) is 7.79. The highest BCUT2D eigenvalue weighted by Gasteiger charge is 2.32. The van der Waals surface area contributed by atoms with Crippen molar-refractivity contribution in [2.24, 2.45) is 0 Å². The Labute approximate surface area is 110 Å². The monoisotopic (exact) mass is 339 g/mol. The van der Waals surface area contributed by atoms with E-state index in [2.05, 4.69) is 0 Å². The number of carbonyl (C=O) groups is 1. The number of hydrogen-bond donors (Lipinski definition) is 0. The van der Waals surface area contributed by atoms with Gasteiger partial charge in [-0.3, -0.25) is 4.84 Å². The van der Waals surface area contributed by atoms with E-state index in [0.717, 1.165) is 38.5 Å². The second-order valence-electron chi connectivity index (χ2n) is 4.54. The van der Waals surface area contributed by atoms with Crippen LogP contribution in [0.25, 0.3) is 0 Å². The van der Waals surface area contributed by atoms with Crippen molar-refractivity contribution >= 4 is 29.3 Å². The zero-order valence-electron chi connectivity index (χ0n) is 9.31. The molecular formula is C11H18INO3. The Kier molecular flexibility index (Phi) is 4.99. The van der Waals surface area contributed by atoms with Crippen molar-refractivity contribution in [2.45, 2.75) is 56.8 Å². The van der Waals surface area contributed by atoms with Gasteiger partial charge in [0.15, 0.2) is 0 Å². The van der Waals surface area contributed by atoms with Gasteiger partial charge in [0.1, 0.15) is 35.4 Å². The molecule has 1 saturated carbocycles. The number of rotatable bonds is 4. The fraction of sp³-hybridized carbons (Fsp3) is 0.909. The van der Waals surface area contributed by atoms with Gasteiger partial charge in [0, 0.05) is 6.54 Å². The predicted molar refractivity (Wildman–Crippen MR) is 68.0 cm³/mol. The van der Waals surface area contributed by atoms with E-state index in [1.54, 1.807) is 0 Å². The molecule has 0 radical (unpaired) electrons. The minimum absolute atomic E-state index is 0.0446. The Morgan fingerprint density at radius 3 is 2.56 bits per heavy atom. The maximum Gasteiger partial charge on any atom is 0.139 e. The molecule has 5 heteroatoms. The first-order valence-electron chi connectivity index (χ1n) is 6.01. The van der Waals surface area contributed by atoms with Gasteiger partial charge >= 0.3 is 0 Å². The molecule has 0 amide bonds. The second-order valence-corrected chi connectivity index (χ2v) is 5.05. The van der Waals surface area contributed by atoms with E-state index < -0.39 is 0 Å².